The van der Waals surface area contributed by atoms with E-state index in [1.54, 1.807) is 18.2 Å². The van der Waals surface area contributed by atoms with Crippen molar-refractivity contribution in [2.75, 3.05) is 32.6 Å². The third kappa shape index (κ3) is 7.83. The van der Waals surface area contributed by atoms with Crippen molar-refractivity contribution >= 4 is 40.1 Å². The van der Waals surface area contributed by atoms with Crippen LogP contribution in [0.1, 0.15) is 5.56 Å². The molecule has 0 aliphatic heterocycles. The average molecular weight is 497 g/mol. The first kappa shape index (κ1) is 22.1. The molecule has 0 aliphatic carbocycles. The molecule has 1 unspecified atom stereocenters. The molecular formula is C20H24IN3O4. The second-order valence-corrected chi connectivity index (χ2v) is 7.77. The molecule has 2 amide bonds. The first-order chi connectivity index (χ1) is 13.3. The van der Waals surface area contributed by atoms with E-state index in [1.807, 2.05) is 49.3 Å². The first-order valence-corrected chi connectivity index (χ1v) is 9.80. The molecule has 0 fully saturated rings. The highest BCUT2D eigenvalue weighted by Crippen LogP contribution is 2.14. The minimum absolute atomic E-state index is 0.00900. The first-order valence-electron chi connectivity index (χ1n) is 8.73. The summed E-state index contributed by atoms with van der Waals surface area (Å²) in [5, 5.41) is 14.9. The van der Waals surface area contributed by atoms with Gasteiger partial charge >= 0.3 is 11.8 Å². The highest BCUT2D eigenvalue weighted by molar-refractivity contribution is 14.1. The van der Waals surface area contributed by atoms with Gasteiger partial charge in [0.2, 0.25) is 0 Å². The smallest absolute Gasteiger partial charge is 0.313 e. The van der Waals surface area contributed by atoms with Crippen LogP contribution in [0.3, 0.4) is 0 Å². The van der Waals surface area contributed by atoms with E-state index in [0.29, 0.717) is 11.4 Å². The maximum Gasteiger partial charge on any atom is 0.313 e. The lowest BCUT2D eigenvalue weighted by atomic mass is 10.2. The normalized spacial score (nSPS) is 11.8. The Balaban J connectivity index is 1.75. The van der Waals surface area contributed by atoms with Gasteiger partial charge in [0.05, 0.1) is 0 Å². The summed E-state index contributed by atoms with van der Waals surface area (Å²) in [7, 11) is 3.90. The van der Waals surface area contributed by atoms with Gasteiger partial charge in [-0.05, 0) is 78.6 Å². The van der Waals surface area contributed by atoms with Crippen LogP contribution in [0, 0.1) is 3.57 Å². The van der Waals surface area contributed by atoms with Crippen molar-refractivity contribution < 1.29 is 19.4 Å². The SMILES string of the molecule is CN(C)Cc1cccc(NC(=O)C(=O)NCC(O)COc2ccc(I)cc2)c1. The zero-order valence-corrected chi connectivity index (χ0v) is 18.0. The van der Waals surface area contributed by atoms with Crippen LogP contribution in [0.15, 0.2) is 48.5 Å². The number of nitrogens with one attached hydrogen (secondary N) is 2. The third-order valence-corrected chi connectivity index (χ3v) is 4.36. The number of rotatable bonds is 8. The molecule has 0 heterocycles. The van der Waals surface area contributed by atoms with Gasteiger partial charge in [-0.15, -0.1) is 0 Å². The van der Waals surface area contributed by atoms with E-state index in [4.69, 9.17) is 4.74 Å². The van der Waals surface area contributed by atoms with Crippen molar-refractivity contribution in [1.82, 2.24) is 10.2 Å². The van der Waals surface area contributed by atoms with E-state index in [1.165, 1.54) is 0 Å². The van der Waals surface area contributed by atoms with Crippen LogP contribution in [-0.2, 0) is 16.1 Å². The maximum atomic E-state index is 12.0. The Kier molecular flexibility index (Phi) is 8.68. The van der Waals surface area contributed by atoms with Crippen molar-refractivity contribution in [2.24, 2.45) is 0 Å². The summed E-state index contributed by atoms with van der Waals surface area (Å²) in [5.74, 6) is -0.972. The topological polar surface area (TPSA) is 90.9 Å². The number of carbonyl (C=O) groups is 2. The molecule has 0 radical (unpaired) electrons. The number of aliphatic hydroxyl groups is 1. The molecule has 2 aromatic rings. The number of amides is 2. The minimum Gasteiger partial charge on any atom is -0.491 e. The van der Waals surface area contributed by atoms with E-state index in [0.717, 1.165) is 15.7 Å². The number of anilines is 1. The molecule has 0 spiro atoms. The molecule has 2 aromatic carbocycles. The largest absolute Gasteiger partial charge is 0.491 e. The number of benzene rings is 2. The summed E-state index contributed by atoms with van der Waals surface area (Å²) in [4.78, 5) is 26.0. The summed E-state index contributed by atoms with van der Waals surface area (Å²) in [6.45, 7) is 0.648. The van der Waals surface area contributed by atoms with Gasteiger partial charge in [0.1, 0.15) is 18.5 Å². The highest BCUT2D eigenvalue weighted by Gasteiger charge is 2.15. The molecule has 0 aromatic heterocycles. The van der Waals surface area contributed by atoms with Crippen LogP contribution in [0.2, 0.25) is 0 Å². The second-order valence-electron chi connectivity index (χ2n) is 6.52. The zero-order chi connectivity index (χ0) is 20.5. The van der Waals surface area contributed by atoms with Gasteiger partial charge in [0.25, 0.3) is 0 Å². The van der Waals surface area contributed by atoms with Crippen molar-refractivity contribution in [2.45, 2.75) is 12.6 Å². The zero-order valence-electron chi connectivity index (χ0n) is 15.8. The highest BCUT2D eigenvalue weighted by atomic mass is 127. The fraction of sp³-hybridized carbons (Fsp3) is 0.300. The van der Waals surface area contributed by atoms with E-state index >= 15 is 0 Å². The molecule has 0 bridgehead atoms. The Hall–Kier alpha value is -2.17. The molecular weight excluding hydrogens is 473 g/mol. The Morgan fingerprint density at radius 1 is 1.14 bits per heavy atom. The Morgan fingerprint density at radius 3 is 2.54 bits per heavy atom. The van der Waals surface area contributed by atoms with Gasteiger partial charge in [0, 0.05) is 22.3 Å². The van der Waals surface area contributed by atoms with Crippen LogP contribution < -0.4 is 15.4 Å². The number of hydrogen-bond acceptors (Lipinski definition) is 5. The summed E-state index contributed by atoms with van der Waals surface area (Å²) in [5.41, 5.74) is 1.56. The number of hydrogen-bond donors (Lipinski definition) is 3. The van der Waals surface area contributed by atoms with Gasteiger partial charge in [-0.1, -0.05) is 12.1 Å². The van der Waals surface area contributed by atoms with E-state index in [-0.39, 0.29) is 13.2 Å². The van der Waals surface area contributed by atoms with E-state index in [2.05, 4.69) is 33.2 Å². The van der Waals surface area contributed by atoms with Gasteiger partial charge < -0.3 is 25.4 Å². The van der Waals surface area contributed by atoms with Gasteiger partial charge in [-0.3, -0.25) is 9.59 Å². The average Bonchev–Trinajstić information content (AvgIpc) is 2.65. The monoisotopic (exact) mass is 497 g/mol. The van der Waals surface area contributed by atoms with Gasteiger partial charge in [0.15, 0.2) is 0 Å². The number of nitrogens with zero attached hydrogens (tertiary/aromatic N) is 1. The summed E-state index contributed by atoms with van der Waals surface area (Å²) < 4.78 is 6.53. The number of aliphatic hydroxyl groups excluding tert-OH is 1. The fourth-order valence-electron chi connectivity index (χ4n) is 2.37. The van der Waals surface area contributed by atoms with Crippen molar-refractivity contribution in [3.05, 3.63) is 57.7 Å². The number of ether oxygens (including phenoxy) is 1. The molecule has 0 saturated heterocycles. The second kappa shape index (κ2) is 11.0. The predicted molar refractivity (Wildman–Crippen MR) is 116 cm³/mol. The predicted octanol–water partition coefficient (Wildman–Crippen LogP) is 1.85. The standard InChI is InChI=1S/C20H24IN3O4/c1-24(2)12-14-4-3-5-16(10-14)23-20(27)19(26)22-11-17(25)13-28-18-8-6-15(21)7-9-18/h3-10,17,25H,11-13H2,1-2H3,(H,22,26)(H,23,27). The molecule has 0 saturated carbocycles. The number of halogens is 1. The van der Waals surface area contributed by atoms with Crippen LogP contribution >= 0.6 is 22.6 Å². The molecule has 150 valence electrons. The van der Waals surface area contributed by atoms with Crippen LogP contribution in [-0.4, -0.2) is 55.2 Å². The molecule has 3 N–H and O–H groups in total. The molecule has 7 nitrogen and oxygen atoms in total. The fourth-order valence-corrected chi connectivity index (χ4v) is 2.73. The third-order valence-electron chi connectivity index (χ3n) is 3.64. The summed E-state index contributed by atoms with van der Waals surface area (Å²) in [6, 6.07) is 14.7. The molecule has 28 heavy (non-hydrogen) atoms. The van der Waals surface area contributed by atoms with Crippen molar-refractivity contribution in [3.8, 4) is 5.75 Å². The molecule has 1 atom stereocenters. The van der Waals surface area contributed by atoms with Crippen LogP contribution in [0.25, 0.3) is 0 Å². The Bertz CT molecular complexity index is 796. The van der Waals surface area contributed by atoms with Crippen LogP contribution in [0.4, 0.5) is 5.69 Å². The lowest BCUT2D eigenvalue weighted by Crippen LogP contribution is -2.41. The Labute approximate surface area is 178 Å². The van der Waals surface area contributed by atoms with Gasteiger partial charge in [-0.25, -0.2) is 0 Å². The van der Waals surface area contributed by atoms with Crippen molar-refractivity contribution in [1.29, 1.82) is 0 Å². The van der Waals surface area contributed by atoms with Gasteiger partial charge in [-0.2, -0.15) is 0 Å². The minimum atomic E-state index is -0.931. The lowest BCUT2D eigenvalue weighted by molar-refractivity contribution is -0.136. The van der Waals surface area contributed by atoms with Crippen LogP contribution in [0.5, 0.6) is 5.75 Å². The molecule has 2 rings (SSSR count). The molecule has 8 heteroatoms. The quantitative estimate of drug-likeness (QED) is 0.383. The summed E-state index contributed by atoms with van der Waals surface area (Å²) in [6.07, 6.45) is -0.931. The molecule has 0 aliphatic rings. The lowest BCUT2D eigenvalue weighted by Gasteiger charge is -2.14. The van der Waals surface area contributed by atoms with E-state index in [9.17, 15) is 14.7 Å². The van der Waals surface area contributed by atoms with Crippen molar-refractivity contribution in [3.63, 3.8) is 0 Å². The number of carbonyl (C=O) groups excluding carboxylic acids is 2. The summed E-state index contributed by atoms with van der Waals surface area (Å²) >= 11 is 2.19. The maximum absolute atomic E-state index is 12.0. The van der Waals surface area contributed by atoms with E-state index < -0.39 is 17.9 Å². The Morgan fingerprint density at radius 2 is 1.86 bits per heavy atom.